The first-order valence-corrected chi connectivity index (χ1v) is 5.64. The first kappa shape index (κ1) is 12.5. The summed E-state index contributed by atoms with van der Waals surface area (Å²) in [5.41, 5.74) is 8.05. The molecule has 0 bridgehead atoms. The van der Waals surface area contributed by atoms with E-state index in [-0.39, 0.29) is 6.04 Å². The molecule has 0 radical (unpaired) electrons. The van der Waals surface area contributed by atoms with Crippen molar-refractivity contribution in [1.29, 1.82) is 5.26 Å². The van der Waals surface area contributed by atoms with Crippen molar-refractivity contribution in [3.05, 3.63) is 29.8 Å². The van der Waals surface area contributed by atoms with Gasteiger partial charge in [0.2, 0.25) is 0 Å². The van der Waals surface area contributed by atoms with Crippen LogP contribution in [-0.2, 0) is 0 Å². The molecule has 86 valence electrons. The van der Waals surface area contributed by atoms with E-state index in [1.54, 1.807) is 0 Å². The summed E-state index contributed by atoms with van der Waals surface area (Å²) >= 11 is 0. The average Bonchev–Trinajstić information content (AvgIpc) is 2.29. The number of nitriles is 1. The number of aryl methyl sites for hydroxylation is 1. The SMILES string of the molecule is CCN(CCC(N)C#N)c1cccc(C)c1. The van der Waals surface area contributed by atoms with E-state index in [2.05, 4.69) is 49.1 Å². The number of rotatable bonds is 5. The second kappa shape index (κ2) is 6.14. The van der Waals surface area contributed by atoms with Gasteiger partial charge in [-0.15, -0.1) is 0 Å². The van der Waals surface area contributed by atoms with E-state index in [9.17, 15) is 0 Å². The number of benzene rings is 1. The highest BCUT2D eigenvalue weighted by Gasteiger charge is 2.06. The standard InChI is InChI=1S/C13H19N3/c1-3-16(8-7-12(15)10-14)13-6-4-5-11(2)9-13/h4-6,9,12H,3,7-8,15H2,1-2H3. The van der Waals surface area contributed by atoms with Crippen LogP contribution in [0.5, 0.6) is 0 Å². The number of nitrogens with zero attached hydrogens (tertiary/aromatic N) is 2. The summed E-state index contributed by atoms with van der Waals surface area (Å²) in [6, 6.07) is 10.1. The third-order valence-electron chi connectivity index (χ3n) is 2.62. The van der Waals surface area contributed by atoms with Crippen LogP contribution in [0, 0.1) is 18.3 Å². The molecule has 0 amide bonds. The second-order valence-electron chi connectivity index (χ2n) is 3.94. The monoisotopic (exact) mass is 217 g/mol. The first-order valence-electron chi connectivity index (χ1n) is 5.64. The van der Waals surface area contributed by atoms with Crippen LogP contribution >= 0.6 is 0 Å². The van der Waals surface area contributed by atoms with Crippen molar-refractivity contribution < 1.29 is 0 Å². The molecule has 0 spiro atoms. The van der Waals surface area contributed by atoms with E-state index in [1.807, 2.05) is 0 Å². The molecule has 2 N–H and O–H groups in total. The molecule has 0 saturated heterocycles. The van der Waals surface area contributed by atoms with Crippen molar-refractivity contribution >= 4 is 5.69 Å². The Morgan fingerprint density at radius 1 is 1.50 bits per heavy atom. The quantitative estimate of drug-likeness (QED) is 0.821. The fraction of sp³-hybridized carbons (Fsp3) is 0.462. The number of hydrogen-bond donors (Lipinski definition) is 1. The number of nitrogens with two attached hydrogens (primary N) is 1. The smallest absolute Gasteiger partial charge is 0.0944 e. The van der Waals surface area contributed by atoms with Crippen molar-refractivity contribution in [2.75, 3.05) is 18.0 Å². The van der Waals surface area contributed by atoms with Gasteiger partial charge in [-0.3, -0.25) is 0 Å². The number of hydrogen-bond acceptors (Lipinski definition) is 3. The fourth-order valence-corrected chi connectivity index (χ4v) is 1.65. The lowest BCUT2D eigenvalue weighted by molar-refractivity contribution is 0.693. The maximum atomic E-state index is 8.64. The molecule has 3 nitrogen and oxygen atoms in total. The maximum absolute atomic E-state index is 8.64. The Bertz CT molecular complexity index is 368. The molecule has 1 unspecified atom stereocenters. The molecule has 1 rings (SSSR count). The molecule has 1 atom stereocenters. The van der Waals surface area contributed by atoms with Crippen molar-refractivity contribution in [1.82, 2.24) is 0 Å². The highest BCUT2D eigenvalue weighted by Crippen LogP contribution is 2.15. The van der Waals surface area contributed by atoms with Crippen LogP contribution in [0.3, 0.4) is 0 Å². The van der Waals surface area contributed by atoms with Crippen molar-refractivity contribution in [2.24, 2.45) is 5.73 Å². The zero-order valence-corrected chi connectivity index (χ0v) is 9.98. The third-order valence-corrected chi connectivity index (χ3v) is 2.62. The Morgan fingerprint density at radius 2 is 2.25 bits per heavy atom. The molecule has 0 aliphatic rings. The Balaban J connectivity index is 2.64. The van der Waals surface area contributed by atoms with Crippen LogP contribution in [0.4, 0.5) is 5.69 Å². The van der Waals surface area contributed by atoms with Gasteiger partial charge in [0, 0.05) is 18.8 Å². The van der Waals surface area contributed by atoms with Gasteiger partial charge in [0.15, 0.2) is 0 Å². The minimum absolute atomic E-state index is 0.362. The molecule has 3 heteroatoms. The first-order chi connectivity index (χ1) is 7.67. The lowest BCUT2D eigenvalue weighted by Crippen LogP contribution is -2.29. The van der Waals surface area contributed by atoms with Gasteiger partial charge in [-0.05, 0) is 38.0 Å². The predicted octanol–water partition coefficient (Wildman–Crippen LogP) is 2.06. The number of anilines is 1. The predicted molar refractivity (Wildman–Crippen MR) is 67.3 cm³/mol. The molecule has 0 aliphatic heterocycles. The van der Waals surface area contributed by atoms with Gasteiger partial charge in [-0.1, -0.05) is 12.1 Å². The van der Waals surface area contributed by atoms with Gasteiger partial charge in [0.05, 0.1) is 12.1 Å². The van der Waals surface area contributed by atoms with Crippen molar-refractivity contribution in [3.8, 4) is 6.07 Å². The average molecular weight is 217 g/mol. The molecule has 1 aromatic carbocycles. The largest absolute Gasteiger partial charge is 0.372 e. The minimum atomic E-state index is -0.362. The molecule has 0 fully saturated rings. The Hall–Kier alpha value is -1.53. The second-order valence-corrected chi connectivity index (χ2v) is 3.94. The Kier molecular flexibility index (Phi) is 4.81. The highest BCUT2D eigenvalue weighted by molar-refractivity contribution is 5.48. The lowest BCUT2D eigenvalue weighted by Gasteiger charge is -2.23. The molecule has 0 aromatic heterocycles. The molecule has 16 heavy (non-hydrogen) atoms. The summed E-state index contributed by atoms with van der Waals surface area (Å²) in [6.07, 6.45) is 0.707. The molecular weight excluding hydrogens is 198 g/mol. The summed E-state index contributed by atoms with van der Waals surface area (Å²) < 4.78 is 0. The van der Waals surface area contributed by atoms with Crippen LogP contribution in [0.2, 0.25) is 0 Å². The van der Waals surface area contributed by atoms with Crippen LogP contribution in [0.15, 0.2) is 24.3 Å². The van der Waals surface area contributed by atoms with E-state index in [4.69, 9.17) is 11.0 Å². The highest BCUT2D eigenvalue weighted by atomic mass is 15.1. The van der Waals surface area contributed by atoms with Gasteiger partial charge in [-0.25, -0.2) is 0 Å². The lowest BCUT2D eigenvalue weighted by atomic mass is 10.2. The van der Waals surface area contributed by atoms with Gasteiger partial charge in [-0.2, -0.15) is 5.26 Å². The third kappa shape index (κ3) is 3.56. The van der Waals surface area contributed by atoms with Crippen LogP contribution < -0.4 is 10.6 Å². The molecule has 1 aromatic rings. The van der Waals surface area contributed by atoms with Crippen molar-refractivity contribution in [2.45, 2.75) is 26.3 Å². The summed E-state index contributed by atoms with van der Waals surface area (Å²) in [6.45, 7) is 5.95. The molecular formula is C13H19N3. The van der Waals surface area contributed by atoms with Gasteiger partial charge < -0.3 is 10.6 Å². The maximum Gasteiger partial charge on any atom is 0.0944 e. The summed E-state index contributed by atoms with van der Waals surface area (Å²) in [7, 11) is 0. The van der Waals surface area contributed by atoms with E-state index >= 15 is 0 Å². The Labute approximate surface area is 97.5 Å². The molecule has 0 heterocycles. The molecule has 0 saturated carbocycles. The summed E-state index contributed by atoms with van der Waals surface area (Å²) in [5, 5.41) is 8.64. The van der Waals surface area contributed by atoms with Gasteiger partial charge in [0.1, 0.15) is 0 Å². The normalized spacial score (nSPS) is 11.9. The Morgan fingerprint density at radius 3 is 2.81 bits per heavy atom. The van der Waals surface area contributed by atoms with Crippen LogP contribution in [0.25, 0.3) is 0 Å². The van der Waals surface area contributed by atoms with Gasteiger partial charge >= 0.3 is 0 Å². The van der Waals surface area contributed by atoms with Crippen molar-refractivity contribution in [3.63, 3.8) is 0 Å². The zero-order chi connectivity index (χ0) is 12.0. The summed E-state index contributed by atoms with van der Waals surface area (Å²) in [5.74, 6) is 0. The van der Waals surface area contributed by atoms with Crippen LogP contribution in [-0.4, -0.2) is 19.1 Å². The molecule has 0 aliphatic carbocycles. The van der Waals surface area contributed by atoms with E-state index < -0.39 is 0 Å². The summed E-state index contributed by atoms with van der Waals surface area (Å²) in [4.78, 5) is 2.24. The fourth-order valence-electron chi connectivity index (χ4n) is 1.65. The zero-order valence-electron chi connectivity index (χ0n) is 9.98. The van der Waals surface area contributed by atoms with E-state index in [0.717, 1.165) is 13.1 Å². The van der Waals surface area contributed by atoms with E-state index in [0.29, 0.717) is 6.42 Å². The van der Waals surface area contributed by atoms with E-state index in [1.165, 1.54) is 11.3 Å². The minimum Gasteiger partial charge on any atom is -0.372 e. The van der Waals surface area contributed by atoms with Gasteiger partial charge in [0.25, 0.3) is 0 Å². The van der Waals surface area contributed by atoms with Crippen LogP contribution in [0.1, 0.15) is 18.9 Å². The topological polar surface area (TPSA) is 53.0 Å².